The minimum atomic E-state index is 0.0914. The van der Waals surface area contributed by atoms with E-state index < -0.39 is 0 Å². The zero-order chi connectivity index (χ0) is 9.68. The summed E-state index contributed by atoms with van der Waals surface area (Å²) in [5.41, 5.74) is 0. The van der Waals surface area contributed by atoms with Crippen molar-refractivity contribution in [3.8, 4) is 0 Å². The summed E-state index contributed by atoms with van der Waals surface area (Å²) in [5.74, 6) is 0.594. The molecule has 0 radical (unpaired) electrons. The molecule has 0 N–H and O–H groups in total. The zero-order valence-electron chi connectivity index (χ0n) is 8.19. The van der Waals surface area contributed by atoms with Gasteiger partial charge in [0.2, 0.25) is 0 Å². The molecule has 2 unspecified atom stereocenters. The first kappa shape index (κ1) is 10.2. The second kappa shape index (κ2) is 4.97. The quantitative estimate of drug-likeness (QED) is 0.569. The van der Waals surface area contributed by atoms with E-state index in [1.807, 2.05) is 38.2 Å². The Morgan fingerprint density at radius 2 is 2.00 bits per heavy atom. The minimum absolute atomic E-state index is 0.0914. The van der Waals surface area contributed by atoms with Crippen LogP contribution in [0.15, 0.2) is 24.3 Å². The van der Waals surface area contributed by atoms with Gasteiger partial charge in [0.15, 0.2) is 5.78 Å². The lowest BCUT2D eigenvalue weighted by molar-refractivity contribution is -0.132. The average molecular weight is 180 g/mol. The molecule has 1 aliphatic carbocycles. The van der Waals surface area contributed by atoms with E-state index in [9.17, 15) is 4.79 Å². The van der Waals surface area contributed by atoms with E-state index in [0.29, 0.717) is 19.1 Å². The molecule has 2 atom stereocenters. The van der Waals surface area contributed by atoms with Crippen LogP contribution in [0.4, 0.5) is 0 Å². The molecule has 2 aliphatic rings. The van der Waals surface area contributed by atoms with Crippen molar-refractivity contribution in [3.05, 3.63) is 24.3 Å². The number of hydrogen-bond acceptors (Lipinski definition) is 2. The number of allylic oxidation sites excluding steroid dienone is 3. The van der Waals surface area contributed by atoms with Gasteiger partial charge in [0, 0.05) is 11.8 Å². The second-order valence-corrected chi connectivity index (χ2v) is 2.94. The van der Waals surface area contributed by atoms with Crippen LogP contribution in [-0.2, 0) is 9.53 Å². The normalized spacial score (nSPS) is 30.5. The van der Waals surface area contributed by atoms with E-state index in [2.05, 4.69) is 0 Å². The fourth-order valence-electron chi connectivity index (χ4n) is 1.55. The summed E-state index contributed by atoms with van der Waals surface area (Å²) in [6.07, 6.45) is 7.92. The lowest BCUT2D eigenvalue weighted by atomic mass is 9.84. The summed E-state index contributed by atoms with van der Waals surface area (Å²) in [4.78, 5) is 11.2. The Labute approximate surface area is 79.3 Å². The molecule has 0 aromatic heterocycles. The molecular formula is C11H16O2. The van der Waals surface area contributed by atoms with Crippen LogP contribution in [0, 0.1) is 11.8 Å². The number of carbonyl (C=O) groups excluding carboxylic acids is 1. The Bertz CT molecular complexity index is 228. The number of fused-ring (bicyclic) bond motifs is 1. The molecule has 2 nitrogen and oxygen atoms in total. The Morgan fingerprint density at radius 1 is 1.31 bits per heavy atom. The van der Waals surface area contributed by atoms with Gasteiger partial charge < -0.3 is 4.74 Å². The van der Waals surface area contributed by atoms with Crippen molar-refractivity contribution in [3.63, 3.8) is 0 Å². The van der Waals surface area contributed by atoms with Crippen molar-refractivity contribution < 1.29 is 9.53 Å². The maximum absolute atomic E-state index is 11.2. The standard InChI is InChI=1S/C9H10O2.C2H6/c10-9-6-11-5-7-3-1-2-4-8(7)9;1-2/h1-4,7-8H,5-6H2;1-2H3. The number of hydrogen-bond donors (Lipinski definition) is 0. The van der Waals surface area contributed by atoms with Gasteiger partial charge in [-0.2, -0.15) is 0 Å². The average Bonchev–Trinajstić information content (AvgIpc) is 2.22. The summed E-state index contributed by atoms with van der Waals surface area (Å²) < 4.78 is 5.12. The zero-order valence-corrected chi connectivity index (χ0v) is 8.19. The molecule has 1 saturated heterocycles. The predicted octanol–water partition coefficient (Wildman–Crippen LogP) is 1.97. The highest BCUT2D eigenvalue weighted by molar-refractivity contribution is 5.85. The molecule has 72 valence electrons. The van der Waals surface area contributed by atoms with Crippen molar-refractivity contribution in [2.45, 2.75) is 13.8 Å². The van der Waals surface area contributed by atoms with Crippen molar-refractivity contribution >= 4 is 5.78 Å². The third-order valence-corrected chi connectivity index (χ3v) is 2.18. The van der Waals surface area contributed by atoms with Crippen LogP contribution in [0.5, 0.6) is 0 Å². The summed E-state index contributed by atoms with van der Waals surface area (Å²) in [7, 11) is 0. The highest BCUT2D eigenvalue weighted by Crippen LogP contribution is 2.24. The minimum Gasteiger partial charge on any atom is -0.373 e. The molecule has 0 amide bonds. The van der Waals surface area contributed by atoms with Crippen molar-refractivity contribution in [1.82, 2.24) is 0 Å². The molecule has 0 aromatic carbocycles. The van der Waals surface area contributed by atoms with Gasteiger partial charge in [0.05, 0.1) is 6.61 Å². The van der Waals surface area contributed by atoms with Crippen LogP contribution in [0.1, 0.15) is 13.8 Å². The largest absolute Gasteiger partial charge is 0.373 e. The molecule has 0 saturated carbocycles. The Kier molecular flexibility index (Phi) is 3.90. The van der Waals surface area contributed by atoms with Gasteiger partial charge in [-0.05, 0) is 0 Å². The van der Waals surface area contributed by atoms with E-state index >= 15 is 0 Å². The molecule has 13 heavy (non-hydrogen) atoms. The summed E-state index contributed by atoms with van der Waals surface area (Å²) in [6.45, 7) is 4.98. The lowest BCUT2D eigenvalue weighted by Gasteiger charge is -2.27. The van der Waals surface area contributed by atoms with Gasteiger partial charge in [-0.3, -0.25) is 4.79 Å². The van der Waals surface area contributed by atoms with Gasteiger partial charge in [0.1, 0.15) is 6.61 Å². The Hall–Kier alpha value is -0.890. The van der Waals surface area contributed by atoms with E-state index in [1.54, 1.807) is 0 Å². The smallest absolute Gasteiger partial charge is 0.165 e. The molecular weight excluding hydrogens is 164 g/mol. The van der Waals surface area contributed by atoms with Crippen LogP contribution >= 0.6 is 0 Å². The predicted molar refractivity (Wildman–Crippen MR) is 52.4 cm³/mol. The van der Waals surface area contributed by atoms with E-state index in [-0.39, 0.29) is 11.7 Å². The Morgan fingerprint density at radius 3 is 2.69 bits per heavy atom. The van der Waals surface area contributed by atoms with Crippen molar-refractivity contribution in [2.75, 3.05) is 13.2 Å². The van der Waals surface area contributed by atoms with E-state index in [1.165, 1.54) is 0 Å². The van der Waals surface area contributed by atoms with E-state index in [0.717, 1.165) is 0 Å². The van der Waals surface area contributed by atoms with Crippen LogP contribution < -0.4 is 0 Å². The van der Waals surface area contributed by atoms with E-state index in [4.69, 9.17) is 4.74 Å². The van der Waals surface area contributed by atoms with Gasteiger partial charge in [-0.15, -0.1) is 0 Å². The first-order valence-electron chi connectivity index (χ1n) is 4.83. The van der Waals surface area contributed by atoms with Crippen LogP contribution in [-0.4, -0.2) is 19.0 Å². The number of ether oxygens (including phenoxy) is 1. The van der Waals surface area contributed by atoms with Crippen molar-refractivity contribution in [2.24, 2.45) is 11.8 Å². The number of Topliss-reactive ketones (excluding diaryl/α,β-unsaturated/α-hetero) is 1. The maximum Gasteiger partial charge on any atom is 0.165 e. The van der Waals surface area contributed by atoms with Crippen LogP contribution in [0.3, 0.4) is 0 Å². The van der Waals surface area contributed by atoms with Gasteiger partial charge >= 0.3 is 0 Å². The first-order chi connectivity index (χ1) is 6.38. The summed E-state index contributed by atoms with van der Waals surface area (Å²) >= 11 is 0. The Balaban J connectivity index is 0.000000396. The number of carbonyl (C=O) groups is 1. The molecule has 2 heteroatoms. The number of rotatable bonds is 0. The molecule has 2 rings (SSSR count). The molecule has 1 fully saturated rings. The lowest BCUT2D eigenvalue weighted by Crippen LogP contribution is -2.34. The SMILES string of the molecule is CC.O=C1COCC2C=CC=CC12. The van der Waals surface area contributed by atoms with Gasteiger partial charge in [-0.25, -0.2) is 0 Å². The van der Waals surface area contributed by atoms with Crippen LogP contribution in [0.25, 0.3) is 0 Å². The fraction of sp³-hybridized carbons (Fsp3) is 0.545. The molecule has 0 bridgehead atoms. The van der Waals surface area contributed by atoms with Gasteiger partial charge in [-0.1, -0.05) is 38.2 Å². The summed E-state index contributed by atoms with van der Waals surface area (Å²) in [6, 6.07) is 0. The molecule has 0 aromatic rings. The van der Waals surface area contributed by atoms with Gasteiger partial charge in [0.25, 0.3) is 0 Å². The summed E-state index contributed by atoms with van der Waals surface area (Å²) in [5, 5.41) is 0. The number of ketones is 1. The third kappa shape index (κ3) is 2.28. The maximum atomic E-state index is 11.2. The monoisotopic (exact) mass is 180 g/mol. The topological polar surface area (TPSA) is 26.3 Å². The molecule has 0 spiro atoms. The highest BCUT2D eigenvalue weighted by Gasteiger charge is 2.29. The molecule has 1 aliphatic heterocycles. The van der Waals surface area contributed by atoms with Crippen LogP contribution in [0.2, 0.25) is 0 Å². The highest BCUT2D eigenvalue weighted by atomic mass is 16.5. The fourth-order valence-corrected chi connectivity index (χ4v) is 1.55. The third-order valence-electron chi connectivity index (χ3n) is 2.18. The van der Waals surface area contributed by atoms with Crippen molar-refractivity contribution in [1.29, 1.82) is 0 Å². The first-order valence-corrected chi connectivity index (χ1v) is 4.83. The molecule has 1 heterocycles. The second-order valence-electron chi connectivity index (χ2n) is 2.94.